The first-order chi connectivity index (χ1) is 9.06. The molecule has 0 saturated carbocycles. The summed E-state index contributed by atoms with van der Waals surface area (Å²) in [6.07, 6.45) is 3.37. The lowest BCUT2D eigenvalue weighted by Crippen LogP contribution is -1.95. The number of phenolic OH excluding ortho intramolecular Hbond substituents is 1. The molecule has 1 heterocycles. The average Bonchev–Trinajstić information content (AvgIpc) is 2.38. The van der Waals surface area contributed by atoms with Crippen LogP contribution in [-0.2, 0) is 5.75 Å². The molecule has 0 saturated heterocycles. The molecule has 0 spiro atoms. The first-order valence-electron chi connectivity index (χ1n) is 5.44. The monoisotopic (exact) mass is 277 g/mol. The van der Waals surface area contributed by atoms with Gasteiger partial charge in [0.25, 0.3) is 5.69 Å². The molecule has 19 heavy (non-hydrogen) atoms. The van der Waals surface area contributed by atoms with Gasteiger partial charge in [-0.1, -0.05) is 11.8 Å². The van der Waals surface area contributed by atoms with Crippen LogP contribution < -0.4 is 0 Å². The van der Waals surface area contributed by atoms with Gasteiger partial charge in [0.15, 0.2) is 5.16 Å². The molecule has 1 N–H and O–H groups in total. The van der Waals surface area contributed by atoms with Crippen LogP contribution >= 0.6 is 11.8 Å². The Bertz CT molecular complexity index is 602. The maximum Gasteiger partial charge on any atom is 0.273 e. The Morgan fingerprint density at radius 3 is 2.68 bits per heavy atom. The van der Waals surface area contributed by atoms with E-state index in [4.69, 9.17) is 0 Å². The summed E-state index contributed by atoms with van der Waals surface area (Å²) >= 11 is 1.28. The molecule has 0 radical (unpaired) electrons. The van der Waals surface area contributed by atoms with Crippen LogP contribution in [0.25, 0.3) is 0 Å². The predicted octanol–water partition coefficient (Wildman–Crippen LogP) is 2.69. The summed E-state index contributed by atoms with van der Waals surface area (Å²) in [5.41, 5.74) is 1.38. The van der Waals surface area contributed by atoms with E-state index in [0.717, 1.165) is 5.56 Å². The van der Waals surface area contributed by atoms with Crippen molar-refractivity contribution in [3.63, 3.8) is 0 Å². The topological polar surface area (TPSA) is 89.2 Å². The number of aromatic nitrogens is 2. The van der Waals surface area contributed by atoms with Gasteiger partial charge in [-0.25, -0.2) is 9.97 Å². The second-order valence-corrected chi connectivity index (χ2v) is 4.84. The molecule has 0 fully saturated rings. The zero-order chi connectivity index (χ0) is 13.8. The Labute approximate surface area is 113 Å². The molecule has 0 aliphatic rings. The van der Waals surface area contributed by atoms with Crippen molar-refractivity contribution >= 4 is 17.4 Å². The summed E-state index contributed by atoms with van der Waals surface area (Å²) < 4.78 is 0. The highest BCUT2D eigenvalue weighted by Gasteiger charge is 2.14. The summed E-state index contributed by atoms with van der Waals surface area (Å²) in [5, 5.41) is 20.8. The average molecular weight is 277 g/mol. The van der Waals surface area contributed by atoms with Crippen LogP contribution in [0.1, 0.15) is 11.1 Å². The van der Waals surface area contributed by atoms with E-state index in [0.29, 0.717) is 16.5 Å². The van der Waals surface area contributed by atoms with Crippen molar-refractivity contribution in [3.8, 4) is 5.75 Å². The normalized spacial score (nSPS) is 10.4. The van der Waals surface area contributed by atoms with E-state index in [1.54, 1.807) is 12.4 Å². The number of hydrogen-bond donors (Lipinski definition) is 1. The van der Waals surface area contributed by atoms with Gasteiger partial charge in [0, 0.05) is 29.8 Å². The van der Waals surface area contributed by atoms with Crippen LogP contribution in [0, 0.1) is 17.0 Å². The second kappa shape index (κ2) is 5.66. The molecule has 2 rings (SSSR count). The number of rotatable bonds is 4. The van der Waals surface area contributed by atoms with Gasteiger partial charge in [0.1, 0.15) is 5.75 Å². The Balaban J connectivity index is 2.16. The maximum absolute atomic E-state index is 10.9. The number of aromatic hydroxyl groups is 1. The van der Waals surface area contributed by atoms with E-state index < -0.39 is 4.92 Å². The van der Waals surface area contributed by atoms with Gasteiger partial charge in [-0.2, -0.15) is 0 Å². The van der Waals surface area contributed by atoms with Gasteiger partial charge in [-0.3, -0.25) is 10.1 Å². The lowest BCUT2D eigenvalue weighted by molar-refractivity contribution is -0.385. The molecular weight excluding hydrogens is 266 g/mol. The molecule has 1 aromatic heterocycles. The van der Waals surface area contributed by atoms with Crippen LogP contribution in [-0.4, -0.2) is 20.0 Å². The third-order valence-corrected chi connectivity index (χ3v) is 3.30. The van der Waals surface area contributed by atoms with Crippen LogP contribution in [0.2, 0.25) is 0 Å². The molecule has 0 amide bonds. The fraction of sp³-hybridized carbons (Fsp3) is 0.167. The van der Waals surface area contributed by atoms with Gasteiger partial charge in [0.05, 0.1) is 4.92 Å². The summed E-state index contributed by atoms with van der Waals surface area (Å²) in [7, 11) is 0. The number of phenols is 1. The second-order valence-electron chi connectivity index (χ2n) is 3.90. The fourth-order valence-corrected chi connectivity index (χ4v) is 2.23. The molecule has 0 bridgehead atoms. The standard InChI is InChI=1S/C12H11N3O3S/c1-8-5-13-12(14-6-8)19-7-9-4-10(16)2-3-11(9)15(17)18/h2-6,16H,7H2,1H3. The number of nitro groups is 1. The molecule has 6 nitrogen and oxygen atoms in total. The molecule has 0 aliphatic heterocycles. The Morgan fingerprint density at radius 1 is 1.37 bits per heavy atom. The number of nitrogens with zero attached hydrogens (tertiary/aromatic N) is 3. The summed E-state index contributed by atoms with van der Waals surface area (Å²) in [4.78, 5) is 18.6. The number of hydrogen-bond acceptors (Lipinski definition) is 6. The largest absolute Gasteiger partial charge is 0.508 e. The predicted molar refractivity (Wildman–Crippen MR) is 71.1 cm³/mol. The SMILES string of the molecule is Cc1cnc(SCc2cc(O)ccc2[N+](=O)[O-])nc1. The zero-order valence-electron chi connectivity index (χ0n) is 10.1. The number of thioether (sulfide) groups is 1. The first-order valence-corrected chi connectivity index (χ1v) is 6.42. The van der Waals surface area contributed by atoms with Gasteiger partial charge in [-0.15, -0.1) is 0 Å². The van der Waals surface area contributed by atoms with Crippen molar-refractivity contribution in [2.24, 2.45) is 0 Å². The van der Waals surface area contributed by atoms with E-state index >= 15 is 0 Å². The van der Waals surface area contributed by atoms with Gasteiger partial charge in [0.2, 0.25) is 0 Å². The number of nitro benzene ring substituents is 1. The Kier molecular flexibility index (Phi) is 3.96. The Morgan fingerprint density at radius 2 is 2.05 bits per heavy atom. The fourth-order valence-electron chi connectivity index (χ4n) is 1.46. The van der Waals surface area contributed by atoms with Crippen LogP contribution in [0.15, 0.2) is 35.7 Å². The molecule has 7 heteroatoms. The molecule has 1 aromatic carbocycles. The van der Waals surface area contributed by atoms with E-state index in [1.807, 2.05) is 6.92 Å². The maximum atomic E-state index is 10.9. The number of aryl methyl sites for hydroxylation is 1. The van der Waals surface area contributed by atoms with Crippen molar-refractivity contribution < 1.29 is 10.0 Å². The Hall–Kier alpha value is -2.15. The van der Waals surface area contributed by atoms with Crippen molar-refractivity contribution in [1.82, 2.24) is 9.97 Å². The van der Waals surface area contributed by atoms with Crippen molar-refractivity contribution in [3.05, 3.63) is 51.8 Å². The van der Waals surface area contributed by atoms with Crippen molar-refractivity contribution in [2.75, 3.05) is 0 Å². The minimum Gasteiger partial charge on any atom is -0.508 e. The van der Waals surface area contributed by atoms with E-state index in [9.17, 15) is 15.2 Å². The minimum atomic E-state index is -0.467. The summed E-state index contributed by atoms with van der Waals surface area (Å²) in [5.74, 6) is 0.333. The van der Waals surface area contributed by atoms with Crippen molar-refractivity contribution in [2.45, 2.75) is 17.8 Å². The zero-order valence-corrected chi connectivity index (χ0v) is 10.9. The van der Waals surface area contributed by atoms with Gasteiger partial charge < -0.3 is 5.11 Å². The van der Waals surface area contributed by atoms with Crippen LogP contribution in [0.4, 0.5) is 5.69 Å². The lowest BCUT2D eigenvalue weighted by atomic mass is 10.2. The molecule has 0 aliphatic carbocycles. The van der Waals surface area contributed by atoms with Crippen LogP contribution in [0.3, 0.4) is 0 Å². The molecule has 0 unspecified atom stereocenters. The highest BCUT2D eigenvalue weighted by molar-refractivity contribution is 7.98. The third-order valence-electron chi connectivity index (χ3n) is 2.37. The van der Waals surface area contributed by atoms with Gasteiger partial charge >= 0.3 is 0 Å². The first kappa shape index (κ1) is 13.3. The van der Waals surface area contributed by atoms with E-state index in [-0.39, 0.29) is 11.4 Å². The quantitative estimate of drug-likeness (QED) is 0.400. The number of benzene rings is 1. The highest BCUT2D eigenvalue weighted by Crippen LogP contribution is 2.28. The van der Waals surface area contributed by atoms with Gasteiger partial charge in [-0.05, 0) is 24.6 Å². The van der Waals surface area contributed by atoms with Crippen molar-refractivity contribution in [1.29, 1.82) is 0 Å². The lowest BCUT2D eigenvalue weighted by Gasteiger charge is -2.03. The molecule has 2 aromatic rings. The van der Waals surface area contributed by atoms with E-state index in [2.05, 4.69) is 9.97 Å². The molecular formula is C12H11N3O3S. The van der Waals surface area contributed by atoms with E-state index in [1.165, 1.54) is 30.0 Å². The highest BCUT2D eigenvalue weighted by atomic mass is 32.2. The summed E-state index contributed by atoms with van der Waals surface area (Å²) in [6, 6.07) is 3.98. The molecule has 0 atom stereocenters. The smallest absolute Gasteiger partial charge is 0.273 e. The minimum absolute atomic E-state index is 0.00558. The third kappa shape index (κ3) is 3.41. The summed E-state index contributed by atoms with van der Waals surface area (Å²) in [6.45, 7) is 1.88. The molecule has 98 valence electrons. The van der Waals surface area contributed by atoms with Crippen LogP contribution in [0.5, 0.6) is 5.75 Å².